The summed E-state index contributed by atoms with van der Waals surface area (Å²) in [6.45, 7) is 3.59. The Kier molecular flexibility index (Phi) is 4.27. The Balaban J connectivity index is 2.58. The molecule has 1 N–H and O–H groups in total. The summed E-state index contributed by atoms with van der Waals surface area (Å²) in [4.78, 5) is 30.7. The maximum absolute atomic E-state index is 11.4. The van der Waals surface area contributed by atoms with Gasteiger partial charge < -0.3 is 9.84 Å². The second-order valence-corrected chi connectivity index (χ2v) is 4.25. The summed E-state index contributed by atoms with van der Waals surface area (Å²) in [5.41, 5.74) is 0.260. The molecule has 0 aliphatic heterocycles. The molecule has 0 saturated carbocycles. The highest BCUT2D eigenvalue weighted by atomic mass is 16.5. The van der Waals surface area contributed by atoms with E-state index in [0.717, 1.165) is 0 Å². The zero-order valence-corrected chi connectivity index (χ0v) is 11.7. The van der Waals surface area contributed by atoms with Crippen LogP contribution in [0.4, 0.5) is 0 Å². The summed E-state index contributed by atoms with van der Waals surface area (Å²) < 4.78 is 5.48. The van der Waals surface area contributed by atoms with Crippen molar-refractivity contribution in [2.24, 2.45) is 0 Å². The molecule has 6 heteroatoms. The first kappa shape index (κ1) is 14.6. The highest BCUT2D eigenvalue weighted by Crippen LogP contribution is 2.27. The van der Waals surface area contributed by atoms with E-state index in [2.05, 4.69) is 9.97 Å². The highest BCUT2D eigenvalue weighted by molar-refractivity contribution is 6.03. The van der Waals surface area contributed by atoms with Gasteiger partial charge in [0.1, 0.15) is 5.75 Å². The topological polar surface area (TPSA) is 89.4 Å². The van der Waals surface area contributed by atoms with Gasteiger partial charge in [-0.3, -0.25) is 4.79 Å². The molecular weight excluding hydrogens is 272 g/mol. The molecular formula is C15H14N2O4. The molecule has 0 unspecified atom stereocenters. The van der Waals surface area contributed by atoms with Gasteiger partial charge in [0.25, 0.3) is 0 Å². The number of carbonyl (C=O) groups excluding carboxylic acids is 1. The molecule has 0 atom stereocenters. The third-order valence-electron chi connectivity index (χ3n) is 2.80. The number of benzene rings is 1. The maximum atomic E-state index is 11.4. The third kappa shape index (κ3) is 3.05. The number of Topliss-reactive ketones (excluding diaryl/α,β-unsaturated/α-hetero) is 1. The van der Waals surface area contributed by atoms with Crippen LogP contribution in [0.2, 0.25) is 0 Å². The molecule has 2 aromatic rings. The smallest absolute Gasteiger partial charge is 0.355 e. The van der Waals surface area contributed by atoms with Crippen molar-refractivity contribution in [2.45, 2.75) is 13.8 Å². The molecule has 21 heavy (non-hydrogen) atoms. The molecule has 6 nitrogen and oxygen atoms in total. The molecule has 2 rings (SSSR count). The summed E-state index contributed by atoms with van der Waals surface area (Å²) >= 11 is 0. The van der Waals surface area contributed by atoms with Crippen molar-refractivity contribution < 1.29 is 19.4 Å². The molecule has 1 aromatic heterocycles. The van der Waals surface area contributed by atoms with Gasteiger partial charge in [0.05, 0.1) is 17.7 Å². The summed E-state index contributed by atoms with van der Waals surface area (Å²) in [5.74, 6) is -0.886. The largest absolute Gasteiger partial charge is 0.493 e. The average Bonchev–Trinajstić information content (AvgIpc) is 2.47. The van der Waals surface area contributed by atoms with Crippen LogP contribution in [0.15, 0.2) is 30.5 Å². The molecule has 1 heterocycles. The van der Waals surface area contributed by atoms with Gasteiger partial charge >= 0.3 is 5.97 Å². The van der Waals surface area contributed by atoms with Gasteiger partial charge in [-0.15, -0.1) is 0 Å². The second-order valence-electron chi connectivity index (χ2n) is 4.25. The minimum absolute atomic E-state index is 0.0138. The van der Waals surface area contributed by atoms with E-state index in [0.29, 0.717) is 17.9 Å². The van der Waals surface area contributed by atoms with Crippen molar-refractivity contribution in [1.82, 2.24) is 9.97 Å². The van der Waals surface area contributed by atoms with Crippen LogP contribution in [0, 0.1) is 0 Å². The molecule has 0 radical (unpaired) electrons. The van der Waals surface area contributed by atoms with E-state index < -0.39 is 11.8 Å². The van der Waals surface area contributed by atoms with E-state index in [9.17, 15) is 14.7 Å². The minimum atomic E-state index is -1.27. The van der Waals surface area contributed by atoms with Crippen molar-refractivity contribution in [3.8, 4) is 17.1 Å². The van der Waals surface area contributed by atoms with Crippen LogP contribution in [0.5, 0.6) is 5.75 Å². The van der Waals surface area contributed by atoms with E-state index in [4.69, 9.17) is 4.74 Å². The third-order valence-corrected chi connectivity index (χ3v) is 2.80. The monoisotopic (exact) mass is 286 g/mol. The van der Waals surface area contributed by atoms with Crippen molar-refractivity contribution >= 4 is 11.8 Å². The molecule has 0 spiro atoms. The van der Waals surface area contributed by atoms with E-state index in [1.165, 1.54) is 13.1 Å². The van der Waals surface area contributed by atoms with Crippen molar-refractivity contribution in [3.63, 3.8) is 0 Å². The zero-order chi connectivity index (χ0) is 15.4. The Morgan fingerprint density at radius 3 is 2.62 bits per heavy atom. The summed E-state index contributed by atoms with van der Waals surface area (Å²) in [7, 11) is 0. The molecule has 0 saturated heterocycles. The average molecular weight is 286 g/mol. The number of hydrogen-bond acceptors (Lipinski definition) is 5. The molecule has 0 fully saturated rings. The number of para-hydroxylation sites is 1. The Morgan fingerprint density at radius 2 is 2.00 bits per heavy atom. The van der Waals surface area contributed by atoms with Gasteiger partial charge in [0.15, 0.2) is 17.3 Å². The summed E-state index contributed by atoms with van der Waals surface area (Å²) in [6, 6.07) is 7.07. The van der Waals surface area contributed by atoms with E-state index in [1.807, 2.05) is 6.92 Å². The molecule has 0 aliphatic carbocycles. The van der Waals surface area contributed by atoms with E-state index >= 15 is 0 Å². The van der Waals surface area contributed by atoms with E-state index in [1.54, 1.807) is 24.3 Å². The van der Waals surface area contributed by atoms with Crippen molar-refractivity contribution in [1.29, 1.82) is 0 Å². The Bertz CT molecular complexity index is 698. The number of hydrogen-bond donors (Lipinski definition) is 1. The lowest BCUT2D eigenvalue weighted by molar-refractivity contribution is 0.0685. The van der Waals surface area contributed by atoms with Crippen LogP contribution < -0.4 is 4.74 Å². The van der Waals surface area contributed by atoms with Gasteiger partial charge in [0, 0.05) is 6.20 Å². The first-order chi connectivity index (χ1) is 10.0. The Labute approximate surface area is 121 Å². The molecule has 0 aliphatic rings. The normalized spacial score (nSPS) is 10.2. The molecule has 108 valence electrons. The van der Waals surface area contributed by atoms with Crippen LogP contribution in [0.25, 0.3) is 11.4 Å². The van der Waals surface area contributed by atoms with Crippen molar-refractivity contribution in [3.05, 3.63) is 41.7 Å². The van der Waals surface area contributed by atoms with Gasteiger partial charge in [-0.2, -0.15) is 0 Å². The fourth-order valence-corrected chi connectivity index (χ4v) is 1.87. The molecule has 0 bridgehead atoms. The molecule has 1 aromatic carbocycles. The van der Waals surface area contributed by atoms with Gasteiger partial charge in [-0.05, 0) is 26.0 Å². The van der Waals surface area contributed by atoms with Crippen molar-refractivity contribution in [2.75, 3.05) is 6.61 Å². The number of aromatic carboxylic acids is 1. The maximum Gasteiger partial charge on any atom is 0.355 e. The van der Waals surface area contributed by atoms with Crippen LogP contribution in [0.1, 0.15) is 34.7 Å². The van der Waals surface area contributed by atoms with Crippen LogP contribution in [0.3, 0.4) is 0 Å². The number of nitrogens with zero attached hydrogens (tertiary/aromatic N) is 2. The molecule has 0 amide bonds. The predicted octanol–water partition coefficient (Wildman–Crippen LogP) is 2.44. The van der Waals surface area contributed by atoms with Crippen LogP contribution >= 0.6 is 0 Å². The van der Waals surface area contributed by atoms with Crippen LogP contribution in [-0.2, 0) is 0 Å². The second kappa shape index (κ2) is 6.13. The first-order valence-electron chi connectivity index (χ1n) is 6.38. The summed E-state index contributed by atoms with van der Waals surface area (Å²) in [6.07, 6.45) is 1.23. The number of carbonyl (C=O) groups is 2. The number of carboxylic acid groups (broad SMARTS) is 1. The van der Waals surface area contributed by atoms with Gasteiger partial charge in [-0.1, -0.05) is 12.1 Å². The van der Waals surface area contributed by atoms with Gasteiger partial charge in [0.2, 0.25) is 0 Å². The van der Waals surface area contributed by atoms with Gasteiger partial charge in [-0.25, -0.2) is 14.8 Å². The zero-order valence-electron chi connectivity index (χ0n) is 11.7. The lowest BCUT2D eigenvalue weighted by atomic mass is 10.1. The first-order valence-corrected chi connectivity index (χ1v) is 6.38. The SMILES string of the molecule is CCOc1ccccc1-c1ncc(C(C)=O)c(C(=O)O)n1. The minimum Gasteiger partial charge on any atom is -0.493 e. The lowest BCUT2D eigenvalue weighted by Gasteiger charge is -2.10. The fraction of sp³-hybridized carbons (Fsp3) is 0.200. The number of ketones is 1. The number of ether oxygens (including phenoxy) is 1. The Morgan fingerprint density at radius 1 is 1.29 bits per heavy atom. The number of rotatable bonds is 5. The predicted molar refractivity (Wildman–Crippen MR) is 75.6 cm³/mol. The summed E-state index contributed by atoms with van der Waals surface area (Å²) in [5, 5.41) is 9.18. The van der Waals surface area contributed by atoms with Crippen LogP contribution in [-0.4, -0.2) is 33.4 Å². The van der Waals surface area contributed by atoms with E-state index in [-0.39, 0.29) is 17.1 Å². The quantitative estimate of drug-likeness (QED) is 0.849. The highest BCUT2D eigenvalue weighted by Gasteiger charge is 2.19. The lowest BCUT2D eigenvalue weighted by Crippen LogP contribution is -2.11. The fourth-order valence-electron chi connectivity index (χ4n) is 1.87. The standard InChI is InChI=1S/C15H14N2O4/c1-3-21-12-7-5-4-6-10(12)14-16-8-11(9(2)18)13(17-14)15(19)20/h4-8H,3H2,1-2H3,(H,19,20). The number of aromatic nitrogens is 2. The number of carboxylic acids is 1. The Hall–Kier alpha value is -2.76.